The molecule has 4 rings (SSSR count). The molecule has 0 radical (unpaired) electrons. The minimum Gasteiger partial charge on any atom is -0.384 e. The van der Waals surface area contributed by atoms with Gasteiger partial charge < -0.3 is 16.2 Å². The van der Waals surface area contributed by atoms with Gasteiger partial charge in [-0.05, 0) is 37.6 Å². The summed E-state index contributed by atoms with van der Waals surface area (Å²) in [6, 6.07) is 9.07. The summed E-state index contributed by atoms with van der Waals surface area (Å²) in [6.07, 6.45) is 2.20. The zero-order chi connectivity index (χ0) is 19.1. The van der Waals surface area contributed by atoms with Crippen molar-refractivity contribution in [2.75, 3.05) is 11.1 Å². The maximum absolute atomic E-state index is 10.7. The van der Waals surface area contributed by atoms with Crippen LogP contribution in [0.4, 0.5) is 11.6 Å². The van der Waals surface area contributed by atoms with Crippen LogP contribution in [-0.2, 0) is 0 Å². The van der Waals surface area contributed by atoms with Gasteiger partial charge in [-0.3, -0.25) is 0 Å². The predicted molar refractivity (Wildman–Crippen MR) is 104 cm³/mol. The standard InChI is InChI=1S/C18H18ClN7O/c1-10-3-4-12(19)8-14(10)26-16(7-11(2)24-26)23-18(27)13-9-21-25-6-5-15(20)22-17(13)25/h3-9,18,23,27H,1-2H3,(H2,20,22). The number of rotatable bonds is 4. The quantitative estimate of drug-likeness (QED) is 0.468. The normalized spacial score (nSPS) is 12.4. The van der Waals surface area contributed by atoms with Crippen LogP contribution >= 0.6 is 11.6 Å². The van der Waals surface area contributed by atoms with E-state index >= 15 is 0 Å². The first-order valence-corrected chi connectivity index (χ1v) is 8.68. The van der Waals surface area contributed by atoms with Crippen LogP contribution in [0.15, 0.2) is 42.7 Å². The molecule has 1 unspecified atom stereocenters. The molecule has 4 N–H and O–H groups in total. The Balaban J connectivity index is 1.72. The number of anilines is 2. The van der Waals surface area contributed by atoms with E-state index in [-0.39, 0.29) is 0 Å². The molecule has 9 heteroatoms. The molecule has 0 bridgehead atoms. The van der Waals surface area contributed by atoms with Crippen LogP contribution in [0.25, 0.3) is 11.3 Å². The Morgan fingerprint density at radius 3 is 2.85 bits per heavy atom. The SMILES string of the molecule is Cc1cc(NC(O)c2cnn3ccc(N)nc23)n(-c2cc(Cl)ccc2C)n1. The summed E-state index contributed by atoms with van der Waals surface area (Å²) in [7, 11) is 0. The maximum Gasteiger partial charge on any atom is 0.165 e. The van der Waals surface area contributed by atoms with Gasteiger partial charge in [0.15, 0.2) is 11.9 Å². The summed E-state index contributed by atoms with van der Waals surface area (Å²) in [5.41, 5.74) is 9.38. The van der Waals surface area contributed by atoms with Gasteiger partial charge in [0.1, 0.15) is 11.6 Å². The molecule has 0 aliphatic heterocycles. The Morgan fingerprint density at radius 1 is 1.22 bits per heavy atom. The number of hydrogen-bond donors (Lipinski definition) is 3. The number of aliphatic hydroxyl groups excluding tert-OH is 1. The van der Waals surface area contributed by atoms with Gasteiger partial charge in [0.2, 0.25) is 0 Å². The van der Waals surface area contributed by atoms with Crippen molar-refractivity contribution in [2.45, 2.75) is 20.1 Å². The first kappa shape index (κ1) is 17.3. The van der Waals surface area contributed by atoms with E-state index in [1.165, 1.54) is 0 Å². The van der Waals surface area contributed by atoms with Crippen molar-refractivity contribution in [3.05, 3.63) is 64.6 Å². The molecule has 0 amide bonds. The Labute approximate surface area is 160 Å². The van der Waals surface area contributed by atoms with Gasteiger partial charge in [-0.2, -0.15) is 10.2 Å². The van der Waals surface area contributed by atoms with Crippen molar-refractivity contribution in [2.24, 2.45) is 0 Å². The lowest BCUT2D eigenvalue weighted by atomic mass is 10.2. The minimum absolute atomic E-state index is 0.354. The van der Waals surface area contributed by atoms with E-state index in [1.54, 1.807) is 27.7 Å². The highest BCUT2D eigenvalue weighted by atomic mass is 35.5. The number of nitrogen functional groups attached to an aromatic ring is 1. The Hall–Kier alpha value is -3.10. The lowest BCUT2D eigenvalue weighted by molar-refractivity contribution is 0.208. The molecule has 0 aliphatic carbocycles. The molecular weight excluding hydrogens is 366 g/mol. The molecule has 0 saturated heterocycles. The predicted octanol–water partition coefficient (Wildman–Crippen LogP) is 2.87. The highest BCUT2D eigenvalue weighted by Gasteiger charge is 2.18. The third-order valence-electron chi connectivity index (χ3n) is 4.23. The second-order valence-corrected chi connectivity index (χ2v) is 6.72. The van der Waals surface area contributed by atoms with Gasteiger partial charge in [0, 0.05) is 17.3 Å². The molecule has 0 spiro atoms. The van der Waals surface area contributed by atoms with Crippen molar-refractivity contribution in [1.29, 1.82) is 0 Å². The van der Waals surface area contributed by atoms with E-state index in [9.17, 15) is 5.11 Å². The maximum atomic E-state index is 10.7. The Bertz CT molecular complexity index is 1130. The van der Waals surface area contributed by atoms with Gasteiger partial charge in [-0.15, -0.1) is 0 Å². The van der Waals surface area contributed by atoms with E-state index in [0.29, 0.717) is 27.9 Å². The number of fused-ring (bicyclic) bond motifs is 1. The molecule has 3 aromatic heterocycles. The van der Waals surface area contributed by atoms with E-state index in [4.69, 9.17) is 17.3 Å². The van der Waals surface area contributed by atoms with E-state index in [1.807, 2.05) is 38.1 Å². The van der Waals surface area contributed by atoms with E-state index in [2.05, 4.69) is 20.5 Å². The molecule has 27 heavy (non-hydrogen) atoms. The summed E-state index contributed by atoms with van der Waals surface area (Å²) >= 11 is 6.15. The third kappa shape index (κ3) is 3.20. The van der Waals surface area contributed by atoms with Crippen molar-refractivity contribution in [1.82, 2.24) is 24.4 Å². The van der Waals surface area contributed by atoms with Gasteiger partial charge in [0.25, 0.3) is 0 Å². The molecule has 1 aromatic carbocycles. The van der Waals surface area contributed by atoms with Gasteiger partial charge in [-0.1, -0.05) is 17.7 Å². The number of benzene rings is 1. The molecule has 138 valence electrons. The fraction of sp³-hybridized carbons (Fsp3) is 0.167. The number of aliphatic hydroxyl groups is 1. The van der Waals surface area contributed by atoms with Crippen LogP contribution in [0.1, 0.15) is 23.0 Å². The van der Waals surface area contributed by atoms with Crippen molar-refractivity contribution >= 4 is 28.9 Å². The highest BCUT2D eigenvalue weighted by molar-refractivity contribution is 6.30. The van der Waals surface area contributed by atoms with Crippen LogP contribution in [0.2, 0.25) is 5.02 Å². The number of aromatic nitrogens is 5. The lowest BCUT2D eigenvalue weighted by Crippen LogP contribution is -2.14. The topological polar surface area (TPSA) is 106 Å². The zero-order valence-corrected chi connectivity index (χ0v) is 15.5. The van der Waals surface area contributed by atoms with Crippen LogP contribution in [0, 0.1) is 13.8 Å². The monoisotopic (exact) mass is 383 g/mol. The largest absolute Gasteiger partial charge is 0.384 e. The second-order valence-electron chi connectivity index (χ2n) is 6.28. The average Bonchev–Trinajstić information content (AvgIpc) is 3.20. The van der Waals surface area contributed by atoms with Crippen molar-refractivity contribution in [3.8, 4) is 5.69 Å². The van der Waals surface area contributed by atoms with Gasteiger partial charge in [-0.25, -0.2) is 14.2 Å². The summed E-state index contributed by atoms with van der Waals surface area (Å²) < 4.78 is 3.27. The first-order valence-electron chi connectivity index (χ1n) is 8.30. The third-order valence-corrected chi connectivity index (χ3v) is 4.46. The number of nitrogens with one attached hydrogen (secondary N) is 1. The second kappa shape index (κ2) is 6.57. The molecule has 4 aromatic rings. The lowest BCUT2D eigenvalue weighted by Gasteiger charge is -2.16. The fourth-order valence-corrected chi connectivity index (χ4v) is 3.07. The zero-order valence-electron chi connectivity index (χ0n) is 14.8. The molecule has 3 heterocycles. The van der Waals surface area contributed by atoms with E-state index < -0.39 is 6.23 Å². The molecule has 1 atom stereocenters. The molecule has 0 fully saturated rings. The number of hydrogen-bond acceptors (Lipinski definition) is 6. The molecule has 8 nitrogen and oxygen atoms in total. The van der Waals surface area contributed by atoms with E-state index in [0.717, 1.165) is 16.9 Å². The number of aryl methyl sites for hydroxylation is 2. The number of halogens is 1. The summed E-state index contributed by atoms with van der Waals surface area (Å²) in [5, 5.41) is 23.1. The van der Waals surface area contributed by atoms with Crippen molar-refractivity contribution < 1.29 is 5.11 Å². The summed E-state index contributed by atoms with van der Waals surface area (Å²) in [5.74, 6) is 0.973. The minimum atomic E-state index is -1.05. The Morgan fingerprint density at radius 2 is 2.04 bits per heavy atom. The molecule has 0 aliphatic rings. The average molecular weight is 384 g/mol. The van der Waals surface area contributed by atoms with Crippen LogP contribution < -0.4 is 11.1 Å². The first-order chi connectivity index (χ1) is 12.9. The highest BCUT2D eigenvalue weighted by Crippen LogP contribution is 2.26. The van der Waals surface area contributed by atoms with Gasteiger partial charge in [0.05, 0.1) is 23.1 Å². The smallest absolute Gasteiger partial charge is 0.165 e. The van der Waals surface area contributed by atoms with Crippen molar-refractivity contribution in [3.63, 3.8) is 0 Å². The summed E-state index contributed by atoms with van der Waals surface area (Å²) in [4.78, 5) is 4.25. The van der Waals surface area contributed by atoms with Gasteiger partial charge >= 0.3 is 0 Å². The summed E-state index contributed by atoms with van der Waals surface area (Å²) in [6.45, 7) is 3.85. The molecular formula is C18H18ClN7O. The fourth-order valence-electron chi connectivity index (χ4n) is 2.91. The Kier molecular flexibility index (Phi) is 4.21. The number of nitrogens with zero attached hydrogens (tertiary/aromatic N) is 5. The van der Waals surface area contributed by atoms with Crippen LogP contribution in [-0.4, -0.2) is 29.5 Å². The van der Waals surface area contributed by atoms with Crippen LogP contribution in [0.5, 0.6) is 0 Å². The number of nitrogens with two attached hydrogens (primary N) is 1. The molecule has 0 saturated carbocycles. The van der Waals surface area contributed by atoms with Crippen LogP contribution in [0.3, 0.4) is 0 Å².